The monoisotopic (exact) mass is 402 g/mol. The molecule has 1 aliphatic heterocycles. The summed E-state index contributed by atoms with van der Waals surface area (Å²) < 4.78 is 15.1. The average Bonchev–Trinajstić information content (AvgIpc) is 3.06. The van der Waals surface area contributed by atoms with E-state index < -0.39 is 11.9 Å². The largest absolute Gasteiger partial charge is 0.497 e. The SMILES string of the molecule is C=CC(=O)OCCOC(=O)C(C#N)=C1Sc2cc(OC)ccc2N1CCCC. The van der Waals surface area contributed by atoms with Crippen LogP contribution in [0.4, 0.5) is 5.69 Å². The van der Waals surface area contributed by atoms with E-state index in [0.29, 0.717) is 17.3 Å². The van der Waals surface area contributed by atoms with Crippen LogP contribution < -0.4 is 9.64 Å². The van der Waals surface area contributed by atoms with Crippen molar-refractivity contribution in [1.29, 1.82) is 5.26 Å². The number of ether oxygens (including phenoxy) is 3. The summed E-state index contributed by atoms with van der Waals surface area (Å²) in [6.07, 6.45) is 2.90. The number of rotatable bonds is 9. The zero-order valence-electron chi connectivity index (χ0n) is 15.9. The minimum absolute atomic E-state index is 0.0775. The standard InChI is InChI=1S/C20H22N2O5S/c1-4-6-9-22-16-8-7-14(25-3)12-17(16)28-19(22)15(13-21)20(24)27-11-10-26-18(23)5-2/h5,7-8,12H,2,4,6,9-11H2,1,3H3. The average molecular weight is 402 g/mol. The molecule has 148 valence electrons. The Hall–Kier alpha value is -2.92. The molecule has 0 spiro atoms. The molecular formula is C20H22N2O5S. The van der Waals surface area contributed by atoms with E-state index in [0.717, 1.165) is 29.5 Å². The van der Waals surface area contributed by atoms with Crippen molar-refractivity contribution in [3.63, 3.8) is 0 Å². The molecule has 1 heterocycles. The Kier molecular flexibility index (Phi) is 7.96. The van der Waals surface area contributed by atoms with Crippen LogP contribution in [0.2, 0.25) is 0 Å². The van der Waals surface area contributed by atoms with E-state index in [9.17, 15) is 14.9 Å². The number of unbranched alkanes of at least 4 members (excludes halogenated alkanes) is 1. The second-order valence-corrected chi connectivity index (χ2v) is 6.77. The molecule has 0 aliphatic carbocycles. The van der Waals surface area contributed by atoms with Gasteiger partial charge in [-0.1, -0.05) is 31.7 Å². The molecule has 0 saturated carbocycles. The van der Waals surface area contributed by atoms with E-state index in [1.54, 1.807) is 7.11 Å². The van der Waals surface area contributed by atoms with Gasteiger partial charge < -0.3 is 19.1 Å². The van der Waals surface area contributed by atoms with Gasteiger partial charge in [-0.05, 0) is 24.6 Å². The molecule has 0 saturated heterocycles. The van der Waals surface area contributed by atoms with E-state index in [1.807, 2.05) is 29.2 Å². The Morgan fingerprint density at radius 1 is 1.32 bits per heavy atom. The lowest BCUT2D eigenvalue weighted by molar-refractivity contribution is -0.146. The van der Waals surface area contributed by atoms with Crippen molar-refractivity contribution < 1.29 is 23.8 Å². The molecule has 0 unspecified atom stereocenters. The molecule has 8 heteroatoms. The highest BCUT2D eigenvalue weighted by molar-refractivity contribution is 8.03. The Bertz CT molecular complexity index is 828. The lowest BCUT2D eigenvalue weighted by Gasteiger charge is -2.21. The van der Waals surface area contributed by atoms with Crippen LogP contribution in [-0.2, 0) is 19.1 Å². The molecule has 0 atom stereocenters. The number of benzene rings is 1. The molecule has 28 heavy (non-hydrogen) atoms. The number of fused-ring (bicyclic) bond motifs is 1. The van der Waals surface area contributed by atoms with Crippen molar-refractivity contribution >= 4 is 29.4 Å². The summed E-state index contributed by atoms with van der Waals surface area (Å²) >= 11 is 1.34. The van der Waals surface area contributed by atoms with Gasteiger partial charge in [0.2, 0.25) is 0 Å². The summed E-state index contributed by atoms with van der Waals surface area (Å²) in [5.41, 5.74) is 0.848. The Labute approximate surface area is 168 Å². The fourth-order valence-corrected chi connectivity index (χ4v) is 3.70. The number of thioether (sulfide) groups is 1. The molecule has 0 bridgehead atoms. The summed E-state index contributed by atoms with van der Waals surface area (Å²) in [4.78, 5) is 26.3. The number of carbonyl (C=O) groups excluding carboxylic acids is 2. The van der Waals surface area contributed by atoms with Crippen LogP contribution in [0.5, 0.6) is 5.75 Å². The maximum absolute atomic E-state index is 12.4. The van der Waals surface area contributed by atoms with Gasteiger partial charge in [-0.15, -0.1) is 0 Å². The topological polar surface area (TPSA) is 88.9 Å². The second kappa shape index (κ2) is 10.4. The third-order valence-electron chi connectivity index (χ3n) is 3.90. The Morgan fingerprint density at radius 2 is 2.07 bits per heavy atom. The normalized spacial score (nSPS) is 14.0. The Morgan fingerprint density at radius 3 is 2.71 bits per heavy atom. The maximum Gasteiger partial charge on any atom is 0.351 e. The zero-order chi connectivity index (χ0) is 20.5. The molecule has 0 aromatic heterocycles. The van der Waals surface area contributed by atoms with Crippen molar-refractivity contribution in [2.75, 3.05) is 31.8 Å². The molecular weight excluding hydrogens is 380 g/mol. The number of esters is 2. The van der Waals surface area contributed by atoms with E-state index in [4.69, 9.17) is 14.2 Å². The van der Waals surface area contributed by atoms with Crippen LogP contribution >= 0.6 is 11.8 Å². The van der Waals surface area contributed by atoms with Crippen LogP contribution in [0.15, 0.2) is 46.4 Å². The molecule has 0 N–H and O–H groups in total. The predicted molar refractivity (Wildman–Crippen MR) is 106 cm³/mol. The first kappa shape index (κ1) is 21.4. The molecule has 0 amide bonds. The molecule has 1 aliphatic rings. The molecule has 0 radical (unpaired) electrons. The third-order valence-corrected chi connectivity index (χ3v) is 5.07. The van der Waals surface area contributed by atoms with Gasteiger partial charge >= 0.3 is 11.9 Å². The van der Waals surface area contributed by atoms with Crippen molar-refractivity contribution in [3.05, 3.63) is 41.5 Å². The number of anilines is 1. The van der Waals surface area contributed by atoms with Crippen LogP contribution in [0.1, 0.15) is 19.8 Å². The molecule has 2 rings (SSSR count). The highest BCUT2D eigenvalue weighted by Gasteiger charge is 2.31. The molecule has 1 aromatic carbocycles. The second-order valence-electron chi connectivity index (χ2n) is 5.74. The fourth-order valence-electron chi connectivity index (χ4n) is 2.51. The van der Waals surface area contributed by atoms with Gasteiger partial charge in [0, 0.05) is 17.5 Å². The third kappa shape index (κ3) is 5.08. The van der Waals surface area contributed by atoms with Gasteiger partial charge in [0.1, 0.15) is 30.1 Å². The van der Waals surface area contributed by atoms with Gasteiger partial charge in [0.15, 0.2) is 5.57 Å². The number of methoxy groups -OCH3 is 1. The molecule has 0 fully saturated rings. The fraction of sp³-hybridized carbons (Fsp3) is 0.350. The molecule has 7 nitrogen and oxygen atoms in total. The minimum Gasteiger partial charge on any atom is -0.497 e. The van der Waals surface area contributed by atoms with Gasteiger partial charge in [-0.25, -0.2) is 9.59 Å². The van der Waals surface area contributed by atoms with Crippen molar-refractivity contribution in [2.45, 2.75) is 24.7 Å². The summed E-state index contributed by atoms with van der Waals surface area (Å²) in [5, 5.41) is 10.1. The van der Waals surface area contributed by atoms with Crippen LogP contribution in [0, 0.1) is 11.3 Å². The number of hydrogen-bond donors (Lipinski definition) is 0. The predicted octanol–water partition coefficient (Wildman–Crippen LogP) is 3.41. The summed E-state index contributed by atoms with van der Waals surface area (Å²) in [6.45, 7) is 5.79. The van der Waals surface area contributed by atoms with E-state index in [1.165, 1.54) is 11.8 Å². The van der Waals surface area contributed by atoms with E-state index >= 15 is 0 Å². The lowest BCUT2D eigenvalue weighted by Crippen LogP contribution is -2.23. The van der Waals surface area contributed by atoms with E-state index in [-0.39, 0.29) is 18.8 Å². The van der Waals surface area contributed by atoms with E-state index in [2.05, 4.69) is 13.5 Å². The van der Waals surface area contributed by atoms with Crippen LogP contribution in [-0.4, -0.2) is 38.8 Å². The smallest absolute Gasteiger partial charge is 0.351 e. The number of nitrogens with zero attached hydrogens (tertiary/aromatic N) is 2. The van der Waals surface area contributed by atoms with Crippen molar-refractivity contribution in [2.24, 2.45) is 0 Å². The highest BCUT2D eigenvalue weighted by Crippen LogP contribution is 2.48. The van der Waals surface area contributed by atoms with Gasteiger partial charge in [0.05, 0.1) is 12.8 Å². The zero-order valence-corrected chi connectivity index (χ0v) is 16.7. The van der Waals surface area contributed by atoms with Crippen LogP contribution in [0.3, 0.4) is 0 Å². The van der Waals surface area contributed by atoms with Gasteiger partial charge in [0.25, 0.3) is 0 Å². The number of carbonyl (C=O) groups is 2. The summed E-state index contributed by atoms with van der Waals surface area (Å²) in [7, 11) is 1.59. The van der Waals surface area contributed by atoms with Crippen LogP contribution in [0.25, 0.3) is 0 Å². The highest BCUT2D eigenvalue weighted by atomic mass is 32.2. The first-order valence-corrected chi connectivity index (χ1v) is 9.61. The number of hydrogen-bond acceptors (Lipinski definition) is 8. The minimum atomic E-state index is -0.749. The number of nitriles is 1. The first-order chi connectivity index (χ1) is 13.5. The Balaban J connectivity index is 2.22. The quantitative estimate of drug-likeness (QED) is 0.269. The van der Waals surface area contributed by atoms with Gasteiger partial charge in [-0.3, -0.25) is 0 Å². The molecule has 1 aromatic rings. The van der Waals surface area contributed by atoms with Crippen molar-refractivity contribution in [3.8, 4) is 11.8 Å². The van der Waals surface area contributed by atoms with Gasteiger partial charge in [-0.2, -0.15) is 5.26 Å². The first-order valence-electron chi connectivity index (χ1n) is 8.79. The maximum atomic E-state index is 12.4. The summed E-state index contributed by atoms with van der Waals surface area (Å²) in [6, 6.07) is 7.60. The van der Waals surface area contributed by atoms with Crippen molar-refractivity contribution in [1.82, 2.24) is 0 Å². The summed E-state index contributed by atoms with van der Waals surface area (Å²) in [5.74, 6) is -0.648. The lowest BCUT2D eigenvalue weighted by atomic mass is 10.2.